The molecule has 2 aromatic rings. The first-order chi connectivity index (χ1) is 11.6. The summed E-state index contributed by atoms with van der Waals surface area (Å²) in [5.41, 5.74) is 2.43. The van der Waals surface area contributed by atoms with Crippen molar-refractivity contribution in [2.24, 2.45) is 5.92 Å². The molecule has 2 heterocycles. The molecule has 1 aromatic carbocycles. The van der Waals surface area contributed by atoms with Crippen LogP contribution in [-0.2, 0) is 4.79 Å². The van der Waals surface area contributed by atoms with E-state index in [0.29, 0.717) is 31.7 Å². The predicted octanol–water partition coefficient (Wildman–Crippen LogP) is 1.96. The van der Waals surface area contributed by atoms with Gasteiger partial charge in [0.25, 0.3) is 5.91 Å². The van der Waals surface area contributed by atoms with E-state index >= 15 is 0 Å². The number of nitrogens with one attached hydrogen (secondary N) is 1. The second-order valence-corrected chi connectivity index (χ2v) is 6.80. The highest BCUT2D eigenvalue weighted by molar-refractivity contribution is 5.97. The molecule has 0 atom stereocenters. The highest BCUT2D eigenvalue weighted by Gasteiger charge is 2.32. The fourth-order valence-corrected chi connectivity index (χ4v) is 3.50. The van der Waals surface area contributed by atoms with Gasteiger partial charge < -0.3 is 14.8 Å². The van der Waals surface area contributed by atoms with E-state index in [2.05, 4.69) is 9.97 Å². The van der Waals surface area contributed by atoms with Crippen molar-refractivity contribution in [3.63, 3.8) is 0 Å². The number of nitrogens with zero attached hydrogens (tertiary/aromatic N) is 3. The highest BCUT2D eigenvalue weighted by Crippen LogP contribution is 2.28. The zero-order valence-electron chi connectivity index (χ0n) is 13.9. The number of H-pyrrole nitrogens is 1. The minimum absolute atomic E-state index is 0.0277. The Hall–Kier alpha value is -2.37. The second kappa shape index (κ2) is 5.92. The summed E-state index contributed by atoms with van der Waals surface area (Å²) in [5, 5.41) is 0. The lowest BCUT2D eigenvalue weighted by atomic mass is 9.84. The Kier molecular flexibility index (Phi) is 3.75. The molecule has 1 aromatic heterocycles. The molecular weight excluding hydrogens is 304 g/mol. The van der Waals surface area contributed by atoms with E-state index in [4.69, 9.17) is 0 Å². The lowest BCUT2D eigenvalue weighted by molar-refractivity contribution is -0.139. The number of hydrogen-bond donors (Lipinski definition) is 1. The maximum atomic E-state index is 12.7. The predicted molar refractivity (Wildman–Crippen MR) is 90.7 cm³/mol. The summed E-state index contributed by atoms with van der Waals surface area (Å²) < 4.78 is 0. The minimum Gasteiger partial charge on any atom is -0.342 e. The third kappa shape index (κ3) is 2.66. The summed E-state index contributed by atoms with van der Waals surface area (Å²) in [6, 6.07) is 5.57. The van der Waals surface area contributed by atoms with Gasteiger partial charge in [-0.05, 0) is 38.0 Å². The van der Waals surface area contributed by atoms with E-state index in [1.807, 2.05) is 34.9 Å². The van der Waals surface area contributed by atoms with Crippen LogP contribution in [0.5, 0.6) is 0 Å². The van der Waals surface area contributed by atoms with Gasteiger partial charge in [-0.3, -0.25) is 9.59 Å². The van der Waals surface area contributed by atoms with Crippen molar-refractivity contribution in [3.8, 4) is 0 Å². The van der Waals surface area contributed by atoms with Crippen LogP contribution >= 0.6 is 0 Å². The summed E-state index contributed by atoms with van der Waals surface area (Å²) in [4.78, 5) is 36.3. The number of imidazole rings is 1. The van der Waals surface area contributed by atoms with Crippen molar-refractivity contribution < 1.29 is 9.59 Å². The smallest absolute Gasteiger partial charge is 0.254 e. The average molecular weight is 326 g/mol. The van der Waals surface area contributed by atoms with Crippen LogP contribution in [0.25, 0.3) is 11.0 Å². The number of amides is 2. The van der Waals surface area contributed by atoms with E-state index < -0.39 is 0 Å². The first-order valence-corrected chi connectivity index (χ1v) is 8.66. The van der Waals surface area contributed by atoms with E-state index in [-0.39, 0.29) is 17.7 Å². The Morgan fingerprint density at radius 1 is 1.12 bits per heavy atom. The van der Waals surface area contributed by atoms with Crippen LogP contribution in [0.2, 0.25) is 0 Å². The van der Waals surface area contributed by atoms with Crippen LogP contribution in [0.3, 0.4) is 0 Å². The number of rotatable bonds is 2. The van der Waals surface area contributed by atoms with Gasteiger partial charge >= 0.3 is 0 Å². The molecule has 6 nitrogen and oxygen atoms in total. The average Bonchev–Trinajstić information content (AvgIpc) is 2.91. The Balaban J connectivity index is 1.42. The zero-order valence-corrected chi connectivity index (χ0v) is 13.9. The maximum Gasteiger partial charge on any atom is 0.254 e. The Morgan fingerprint density at radius 2 is 1.83 bits per heavy atom. The van der Waals surface area contributed by atoms with Crippen LogP contribution in [0.1, 0.15) is 35.4 Å². The summed E-state index contributed by atoms with van der Waals surface area (Å²) in [6.45, 7) is 4.41. The highest BCUT2D eigenvalue weighted by atomic mass is 16.2. The molecule has 0 bridgehead atoms. The number of carbonyl (C=O) groups is 2. The normalized spacial score (nSPS) is 18.7. The molecule has 2 aliphatic rings. The van der Waals surface area contributed by atoms with Crippen LogP contribution in [0.15, 0.2) is 18.2 Å². The molecule has 1 saturated carbocycles. The zero-order chi connectivity index (χ0) is 16.7. The molecule has 126 valence electrons. The van der Waals surface area contributed by atoms with Crippen LogP contribution < -0.4 is 0 Å². The maximum absolute atomic E-state index is 12.7. The molecule has 1 aliphatic carbocycles. The lowest BCUT2D eigenvalue weighted by Gasteiger charge is -2.38. The molecule has 1 saturated heterocycles. The fourth-order valence-electron chi connectivity index (χ4n) is 3.50. The number of benzene rings is 1. The molecule has 1 aliphatic heterocycles. The van der Waals surface area contributed by atoms with Crippen molar-refractivity contribution >= 4 is 22.8 Å². The number of hydrogen-bond acceptors (Lipinski definition) is 3. The standard InChI is InChI=1S/C18H22N4O2/c1-12-19-15-6-5-14(11-16(15)20-12)18(24)22-9-7-21(8-10-22)17(23)13-3-2-4-13/h5-6,11,13H,2-4,7-10H2,1H3,(H,19,20). The number of aryl methyl sites for hydroxylation is 1. The van der Waals surface area contributed by atoms with Crippen LogP contribution in [0.4, 0.5) is 0 Å². The van der Waals surface area contributed by atoms with Crippen molar-refractivity contribution in [1.29, 1.82) is 0 Å². The monoisotopic (exact) mass is 326 g/mol. The molecule has 2 fully saturated rings. The Bertz CT molecular complexity index is 785. The molecule has 2 amide bonds. The second-order valence-electron chi connectivity index (χ2n) is 6.80. The fraction of sp³-hybridized carbons (Fsp3) is 0.500. The quantitative estimate of drug-likeness (QED) is 0.917. The van der Waals surface area contributed by atoms with E-state index in [1.54, 1.807) is 0 Å². The molecule has 6 heteroatoms. The Labute approximate surface area is 140 Å². The molecule has 0 unspecified atom stereocenters. The summed E-state index contributed by atoms with van der Waals surface area (Å²) in [7, 11) is 0. The molecule has 4 rings (SSSR count). The molecule has 24 heavy (non-hydrogen) atoms. The Morgan fingerprint density at radius 3 is 2.50 bits per heavy atom. The first-order valence-electron chi connectivity index (χ1n) is 8.66. The number of carbonyl (C=O) groups excluding carboxylic acids is 2. The summed E-state index contributed by atoms with van der Waals surface area (Å²) >= 11 is 0. The number of aromatic nitrogens is 2. The van der Waals surface area contributed by atoms with Gasteiger partial charge in [0.05, 0.1) is 11.0 Å². The van der Waals surface area contributed by atoms with Gasteiger partial charge in [-0.1, -0.05) is 6.42 Å². The van der Waals surface area contributed by atoms with E-state index in [0.717, 1.165) is 29.7 Å². The molecular formula is C18H22N4O2. The summed E-state index contributed by atoms with van der Waals surface area (Å²) in [5.74, 6) is 1.39. The van der Waals surface area contributed by atoms with Gasteiger partial charge in [-0.2, -0.15) is 0 Å². The number of fused-ring (bicyclic) bond motifs is 1. The van der Waals surface area contributed by atoms with Gasteiger partial charge in [0.1, 0.15) is 5.82 Å². The first kappa shape index (κ1) is 15.2. The number of aromatic amines is 1. The lowest BCUT2D eigenvalue weighted by Crippen LogP contribution is -2.52. The third-order valence-corrected chi connectivity index (χ3v) is 5.18. The number of piperazine rings is 1. The minimum atomic E-state index is 0.0277. The molecule has 0 spiro atoms. The van der Waals surface area contributed by atoms with Crippen LogP contribution in [0, 0.1) is 12.8 Å². The summed E-state index contributed by atoms with van der Waals surface area (Å²) in [6.07, 6.45) is 3.23. The van der Waals surface area contributed by atoms with Crippen molar-refractivity contribution in [3.05, 3.63) is 29.6 Å². The SMILES string of the molecule is Cc1nc2ccc(C(=O)N3CCN(C(=O)C4CCC4)CC3)cc2[nH]1. The van der Waals surface area contributed by atoms with Gasteiger partial charge in [0, 0.05) is 37.7 Å². The molecule has 0 radical (unpaired) electrons. The van der Waals surface area contributed by atoms with Gasteiger partial charge in [-0.15, -0.1) is 0 Å². The topological polar surface area (TPSA) is 69.3 Å². The van der Waals surface area contributed by atoms with Gasteiger partial charge in [-0.25, -0.2) is 4.98 Å². The van der Waals surface area contributed by atoms with E-state index in [1.165, 1.54) is 6.42 Å². The molecule has 1 N–H and O–H groups in total. The van der Waals surface area contributed by atoms with Crippen molar-refractivity contribution in [1.82, 2.24) is 19.8 Å². The van der Waals surface area contributed by atoms with Gasteiger partial charge in [0.15, 0.2) is 0 Å². The van der Waals surface area contributed by atoms with Crippen molar-refractivity contribution in [2.75, 3.05) is 26.2 Å². The van der Waals surface area contributed by atoms with E-state index in [9.17, 15) is 9.59 Å². The van der Waals surface area contributed by atoms with Crippen molar-refractivity contribution in [2.45, 2.75) is 26.2 Å². The van der Waals surface area contributed by atoms with Gasteiger partial charge in [0.2, 0.25) is 5.91 Å². The van der Waals surface area contributed by atoms with Crippen LogP contribution in [-0.4, -0.2) is 57.8 Å². The largest absolute Gasteiger partial charge is 0.342 e. The third-order valence-electron chi connectivity index (χ3n) is 5.18.